The van der Waals surface area contributed by atoms with Crippen LogP contribution in [-0.2, 0) is 0 Å². The molecule has 0 amide bonds. The van der Waals surface area contributed by atoms with Crippen molar-refractivity contribution in [2.75, 3.05) is 0 Å². The molecule has 0 saturated carbocycles. The molecule has 0 spiro atoms. The van der Waals surface area contributed by atoms with Crippen molar-refractivity contribution in [3.05, 3.63) is 0 Å². The van der Waals surface area contributed by atoms with Gasteiger partial charge < -0.3 is 30.6 Å². The SMILES string of the molecule is CC(CCCC(O)(O)O)C(O)(O)O. The van der Waals surface area contributed by atoms with Gasteiger partial charge in [-0.1, -0.05) is 6.92 Å². The molecule has 1 unspecified atom stereocenters. The Kier molecular flexibility index (Phi) is 4.24. The Morgan fingerprint density at radius 3 is 1.77 bits per heavy atom. The van der Waals surface area contributed by atoms with Crippen molar-refractivity contribution < 1.29 is 30.6 Å². The lowest BCUT2D eigenvalue weighted by atomic mass is 10.0. The van der Waals surface area contributed by atoms with E-state index in [-0.39, 0.29) is 19.3 Å². The Bertz CT molecular complexity index is 144. The lowest BCUT2D eigenvalue weighted by Crippen LogP contribution is -2.36. The summed E-state index contributed by atoms with van der Waals surface area (Å²) in [7, 11) is 0. The molecule has 0 aliphatic carbocycles. The summed E-state index contributed by atoms with van der Waals surface area (Å²) < 4.78 is 0. The zero-order chi connectivity index (χ0) is 10.7. The summed E-state index contributed by atoms with van der Waals surface area (Å²) in [5.41, 5.74) is 0. The summed E-state index contributed by atoms with van der Waals surface area (Å²) in [5.74, 6) is -6.32. The molecule has 13 heavy (non-hydrogen) atoms. The number of rotatable bonds is 5. The first-order chi connectivity index (χ1) is 5.63. The van der Waals surface area contributed by atoms with Crippen molar-refractivity contribution in [1.29, 1.82) is 0 Å². The van der Waals surface area contributed by atoms with Crippen molar-refractivity contribution >= 4 is 0 Å². The maximum atomic E-state index is 8.64. The Labute approximate surface area is 75.7 Å². The van der Waals surface area contributed by atoms with E-state index in [2.05, 4.69) is 0 Å². The molecule has 0 rings (SSSR count). The quantitative estimate of drug-likeness (QED) is 0.284. The Morgan fingerprint density at radius 1 is 1.00 bits per heavy atom. The summed E-state index contributed by atoms with van der Waals surface area (Å²) in [6, 6.07) is 0. The van der Waals surface area contributed by atoms with Crippen molar-refractivity contribution in [2.24, 2.45) is 5.92 Å². The zero-order valence-electron chi connectivity index (χ0n) is 7.38. The molecule has 1 atom stereocenters. The van der Waals surface area contributed by atoms with Crippen LogP contribution in [0, 0.1) is 5.92 Å². The summed E-state index contributed by atoms with van der Waals surface area (Å²) in [4.78, 5) is 0. The molecule has 0 heterocycles. The van der Waals surface area contributed by atoms with Gasteiger partial charge in [-0.25, -0.2) is 0 Å². The van der Waals surface area contributed by atoms with Gasteiger partial charge in [0.25, 0.3) is 11.9 Å². The molecule has 0 aromatic carbocycles. The van der Waals surface area contributed by atoms with Gasteiger partial charge >= 0.3 is 0 Å². The maximum Gasteiger partial charge on any atom is 0.277 e. The van der Waals surface area contributed by atoms with Crippen LogP contribution in [-0.4, -0.2) is 42.6 Å². The molecular weight excluding hydrogens is 180 g/mol. The van der Waals surface area contributed by atoms with Gasteiger partial charge in [-0.15, -0.1) is 0 Å². The van der Waals surface area contributed by atoms with Gasteiger partial charge in [-0.3, -0.25) is 0 Å². The summed E-state index contributed by atoms with van der Waals surface area (Å²) in [6.45, 7) is 1.38. The van der Waals surface area contributed by atoms with Crippen LogP contribution in [0.3, 0.4) is 0 Å². The topological polar surface area (TPSA) is 121 Å². The minimum Gasteiger partial charge on any atom is -0.344 e. The van der Waals surface area contributed by atoms with Gasteiger partial charge in [0.2, 0.25) is 0 Å². The first-order valence-corrected chi connectivity index (χ1v) is 3.97. The largest absolute Gasteiger partial charge is 0.344 e. The number of hydrogen-bond acceptors (Lipinski definition) is 6. The molecule has 0 bridgehead atoms. The molecule has 6 N–H and O–H groups in total. The minimum absolute atomic E-state index is 0.146. The van der Waals surface area contributed by atoms with E-state index >= 15 is 0 Å². The highest BCUT2D eigenvalue weighted by atomic mass is 16.7. The minimum atomic E-state index is -2.76. The highest BCUT2D eigenvalue weighted by Crippen LogP contribution is 2.19. The molecule has 6 nitrogen and oxygen atoms in total. The van der Waals surface area contributed by atoms with Gasteiger partial charge in [-0.05, 0) is 12.8 Å². The van der Waals surface area contributed by atoms with Crippen LogP contribution in [0.15, 0.2) is 0 Å². The first kappa shape index (κ1) is 12.8. The van der Waals surface area contributed by atoms with Crippen LogP contribution in [0.5, 0.6) is 0 Å². The summed E-state index contributed by atoms with van der Waals surface area (Å²) >= 11 is 0. The van der Waals surface area contributed by atoms with Crippen LogP contribution >= 0.6 is 0 Å². The molecule has 0 radical (unpaired) electrons. The third-order valence-corrected chi connectivity index (χ3v) is 1.81. The lowest BCUT2D eigenvalue weighted by molar-refractivity contribution is -0.342. The number of hydrogen-bond donors (Lipinski definition) is 6. The van der Waals surface area contributed by atoms with Crippen LogP contribution in [0.1, 0.15) is 26.2 Å². The van der Waals surface area contributed by atoms with E-state index in [4.69, 9.17) is 30.6 Å². The fourth-order valence-corrected chi connectivity index (χ4v) is 0.839. The second-order valence-electron chi connectivity index (χ2n) is 3.25. The fraction of sp³-hybridized carbons (Fsp3) is 1.00. The Balaban J connectivity index is 3.67. The smallest absolute Gasteiger partial charge is 0.277 e. The molecule has 0 aliphatic rings. The van der Waals surface area contributed by atoms with E-state index in [1.165, 1.54) is 6.92 Å². The Morgan fingerprint density at radius 2 is 1.46 bits per heavy atom. The fourth-order valence-electron chi connectivity index (χ4n) is 0.839. The highest BCUT2D eigenvalue weighted by Gasteiger charge is 2.28. The van der Waals surface area contributed by atoms with E-state index in [9.17, 15) is 0 Å². The van der Waals surface area contributed by atoms with E-state index < -0.39 is 17.9 Å². The van der Waals surface area contributed by atoms with E-state index in [0.29, 0.717) is 0 Å². The predicted octanol–water partition coefficient (Wildman–Crippen LogP) is -1.95. The van der Waals surface area contributed by atoms with E-state index in [1.54, 1.807) is 0 Å². The molecular formula is C7H16O6. The summed E-state index contributed by atoms with van der Waals surface area (Å²) in [6.07, 6.45) is -0.0194. The third kappa shape index (κ3) is 6.88. The van der Waals surface area contributed by atoms with Crippen LogP contribution in [0.4, 0.5) is 0 Å². The first-order valence-electron chi connectivity index (χ1n) is 3.97. The van der Waals surface area contributed by atoms with Crippen LogP contribution in [0.25, 0.3) is 0 Å². The second kappa shape index (κ2) is 4.32. The Hall–Kier alpha value is -0.240. The second-order valence-corrected chi connectivity index (χ2v) is 3.25. The predicted molar refractivity (Wildman–Crippen MR) is 41.8 cm³/mol. The van der Waals surface area contributed by atoms with E-state index in [1.807, 2.05) is 0 Å². The molecule has 0 aromatic rings. The van der Waals surface area contributed by atoms with Gasteiger partial charge in [-0.2, -0.15) is 0 Å². The molecule has 80 valence electrons. The van der Waals surface area contributed by atoms with Crippen LogP contribution < -0.4 is 0 Å². The third-order valence-electron chi connectivity index (χ3n) is 1.81. The lowest BCUT2D eigenvalue weighted by Gasteiger charge is -2.22. The van der Waals surface area contributed by atoms with Crippen molar-refractivity contribution in [3.63, 3.8) is 0 Å². The molecule has 6 heteroatoms. The number of aliphatic hydroxyl groups is 6. The van der Waals surface area contributed by atoms with Crippen molar-refractivity contribution in [1.82, 2.24) is 0 Å². The highest BCUT2D eigenvalue weighted by molar-refractivity contribution is 4.61. The molecule has 0 aromatic heterocycles. The van der Waals surface area contributed by atoms with Crippen molar-refractivity contribution in [2.45, 2.75) is 38.1 Å². The van der Waals surface area contributed by atoms with Gasteiger partial charge in [0.15, 0.2) is 0 Å². The van der Waals surface area contributed by atoms with Crippen LogP contribution in [0.2, 0.25) is 0 Å². The maximum absolute atomic E-state index is 8.64. The van der Waals surface area contributed by atoms with Crippen molar-refractivity contribution in [3.8, 4) is 0 Å². The van der Waals surface area contributed by atoms with Gasteiger partial charge in [0.05, 0.1) is 0 Å². The average molecular weight is 196 g/mol. The van der Waals surface area contributed by atoms with E-state index in [0.717, 1.165) is 0 Å². The molecule has 0 saturated heterocycles. The monoisotopic (exact) mass is 196 g/mol. The normalized spacial score (nSPS) is 15.9. The van der Waals surface area contributed by atoms with Gasteiger partial charge in [0.1, 0.15) is 0 Å². The molecule has 0 aliphatic heterocycles. The summed E-state index contributed by atoms with van der Waals surface area (Å²) in [5, 5.41) is 51.3. The molecule has 0 fully saturated rings. The standard InChI is InChI=1S/C7H16O6/c1-5(7(11,12)13)3-2-4-6(8,9)10/h5,8-13H,2-4H2,1H3. The average Bonchev–Trinajstić information content (AvgIpc) is 1.82. The van der Waals surface area contributed by atoms with Gasteiger partial charge in [0, 0.05) is 12.3 Å². The zero-order valence-corrected chi connectivity index (χ0v) is 7.38.